The molecule has 0 unspecified atom stereocenters. The molecule has 20 heavy (non-hydrogen) atoms. The van der Waals surface area contributed by atoms with E-state index in [2.05, 4.69) is 20.4 Å². The van der Waals surface area contributed by atoms with Crippen LogP contribution in [0.15, 0.2) is 12.3 Å². The van der Waals surface area contributed by atoms with Gasteiger partial charge in [-0.2, -0.15) is 5.10 Å². The predicted octanol–water partition coefficient (Wildman–Crippen LogP) is -0.907. The Hall–Kier alpha value is -1.73. The SMILES string of the molecule is CC1(O)CN(C(=O)c2cc(N3CCNCC3)cnn2)C1. The summed E-state index contributed by atoms with van der Waals surface area (Å²) in [6.07, 6.45) is 1.69. The second-order valence-electron chi connectivity index (χ2n) is 5.69. The van der Waals surface area contributed by atoms with Gasteiger partial charge in [-0.05, 0) is 13.0 Å². The van der Waals surface area contributed by atoms with Crippen LogP contribution < -0.4 is 10.2 Å². The number of aromatic nitrogens is 2. The molecule has 1 aromatic heterocycles. The second-order valence-corrected chi connectivity index (χ2v) is 5.69. The molecule has 0 aromatic carbocycles. The third kappa shape index (κ3) is 2.59. The van der Waals surface area contributed by atoms with Crippen LogP contribution in [-0.4, -0.2) is 71.0 Å². The summed E-state index contributed by atoms with van der Waals surface area (Å²) in [5, 5.41) is 20.8. The molecule has 0 bridgehead atoms. The number of nitrogens with one attached hydrogen (secondary N) is 1. The molecule has 7 heteroatoms. The first-order valence-electron chi connectivity index (χ1n) is 6.85. The number of hydrogen-bond donors (Lipinski definition) is 2. The summed E-state index contributed by atoms with van der Waals surface area (Å²) in [6.45, 7) is 6.09. The number of rotatable bonds is 2. The van der Waals surface area contributed by atoms with Gasteiger partial charge >= 0.3 is 0 Å². The summed E-state index contributed by atoms with van der Waals surface area (Å²) in [4.78, 5) is 16.0. The van der Waals surface area contributed by atoms with Gasteiger partial charge in [0, 0.05) is 26.2 Å². The van der Waals surface area contributed by atoms with Crippen LogP contribution in [0, 0.1) is 0 Å². The van der Waals surface area contributed by atoms with Crippen molar-refractivity contribution in [1.29, 1.82) is 0 Å². The molecule has 3 rings (SSSR count). The van der Waals surface area contributed by atoms with E-state index in [0.29, 0.717) is 18.8 Å². The first-order valence-corrected chi connectivity index (χ1v) is 6.85. The van der Waals surface area contributed by atoms with Crippen molar-refractivity contribution in [1.82, 2.24) is 20.4 Å². The molecule has 2 aliphatic heterocycles. The molecule has 1 amide bonds. The van der Waals surface area contributed by atoms with E-state index in [9.17, 15) is 9.90 Å². The molecule has 0 aliphatic carbocycles. The molecule has 2 fully saturated rings. The summed E-state index contributed by atoms with van der Waals surface area (Å²) in [5.74, 6) is -0.166. The fraction of sp³-hybridized carbons (Fsp3) is 0.615. The Balaban J connectivity index is 1.72. The van der Waals surface area contributed by atoms with E-state index in [4.69, 9.17) is 0 Å². The molecule has 2 aliphatic rings. The Morgan fingerprint density at radius 2 is 2.10 bits per heavy atom. The summed E-state index contributed by atoms with van der Waals surface area (Å²) in [7, 11) is 0. The number of hydrogen-bond acceptors (Lipinski definition) is 6. The van der Waals surface area contributed by atoms with Gasteiger partial charge in [0.05, 0.1) is 30.6 Å². The van der Waals surface area contributed by atoms with Crippen molar-refractivity contribution in [2.24, 2.45) is 0 Å². The number of aliphatic hydroxyl groups is 1. The van der Waals surface area contributed by atoms with E-state index in [-0.39, 0.29) is 5.91 Å². The molecule has 0 radical (unpaired) electrons. The molecule has 2 saturated heterocycles. The van der Waals surface area contributed by atoms with Gasteiger partial charge in [0.1, 0.15) is 0 Å². The normalized spacial score (nSPS) is 21.5. The summed E-state index contributed by atoms with van der Waals surface area (Å²) >= 11 is 0. The molecular weight excluding hydrogens is 258 g/mol. The monoisotopic (exact) mass is 277 g/mol. The maximum absolute atomic E-state index is 12.2. The highest BCUT2D eigenvalue weighted by atomic mass is 16.3. The van der Waals surface area contributed by atoms with E-state index in [0.717, 1.165) is 31.9 Å². The van der Waals surface area contributed by atoms with Gasteiger partial charge in [-0.3, -0.25) is 4.79 Å². The zero-order valence-electron chi connectivity index (χ0n) is 11.5. The zero-order valence-corrected chi connectivity index (χ0v) is 11.5. The fourth-order valence-electron chi connectivity index (χ4n) is 2.64. The minimum absolute atomic E-state index is 0.166. The average molecular weight is 277 g/mol. The lowest BCUT2D eigenvalue weighted by molar-refractivity contribution is -0.0671. The van der Waals surface area contributed by atoms with Crippen LogP contribution in [0.2, 0.25) is 0 Å². The largest absolute Gasteiger partial charge is 0.386 e. The van der Waals surface area contributed by atoms with Crippen LogP contribution >= 0.6 is 0 Å². The molecule has 0 saturated carbocycles. The first-order chi connectivity index (χ1) is 9.55. The van der Waals surface area contributed by atoms with Gasteiger partial charge in [0.2, 0.25) is 0 Å². The summed E-state index contributed by atoms with van der Waals surface area (Å²) in [6, 6.07) is 1.79. The Labute approximate surface area is 117 Å². The van der Waals surface area contributed by atoms with Gasteiger partial charge in [-0.25, -0.2) is 0 Å². The number of β-amino-alcohol motifs (C(OH)–C–C–N with tert-alkyl or cyclic N) is 1. The smallest absolute Gasteiger partial charge is 0.274 e. The highest BCUT2D eigenvalue weighted by Gasteiger charge is 2.40. The third-order valence-electron chi connectivity index (χ3n) is 3.69. The van der Waals surface area contributed by atoms with Crippen LogP contribution in [0.5, 0.6) is 0 Å². The minimum Gasteiger partial charge on any atom is -0.386 e. The Kier molecular flexibility index (Phi) is 3.31. The van der Waals surface area contributed by atoms with Gasteiger partial charge in [0.25, 0.3) is 5.91 Å². The molecule has 7 nitrogen and oxygen atoms in total. The number of carbonyl (C=O) groups is 1. The predicted molar refractivity (Wildman–Crippen MR) is 73.6 cm³/mol. The number of carbonyl (C=O) groups excluding carboxylic acids is 1. The maximum Gasteiger partial charge on any atom is 0.274 e. The number of nitrogens with zero attached hydrogens (tertiary/aromatic N) is 4. The van der Waals surface area contributed by atoms with E-state index in [1.165, 1.54) is 0 Å². The van der Waals surface area contributed by atoms with E-state index < -0.39 is 5.60 Å². The van der Waals surface area contributed by atoms with Gasteiger partial charge in [0.15, 0.2) is 5.69 Å². The topological polar surface area (TPSA) is 81.6 Å². The molecule has 0 spiro atoms. The summed E-state index contributed by atoms with van der Waals surface area (Å²) in [5.41, 5.74) is 0.507. The van der Waals surface area contributed by atoms with E-state index in [1.54, 1.807) is 24.1 Å². The van der Waals surface area contributed by atoms with Crippen LogP contribution in [0.4, 0.5) is 5.69 Å². The van der Waals surface area contributed by atoms with Crippen LogP contribution in [0.3, 0.4) is 0 Å². The molecule has 0 atom stereocenters. The van der Waals surface area contributed by atoms with Crippen molar-refractivity contribution in [3.05, 3.63) is 18.0 Å². The van der Waals surface area contributed by atoms with E-state index >= 15 is 0 Å². The molecular formula is C13H19N5O2. The lowest BCUT2D eigenvalue weighted by Gasteiger charge is -2.43. The molecule has 1 aromatic rings. The Bertz CT molecular complexity index is 505. The summed E-state index contributed by atoms with van der Waals surface area (Å²) < 4.78 is 0. The Morgan fingerprint density at radius 3 is 2.75 bits per heavy atom. The number of piperazine rings is 1. The minimum atomic E-state index is -0.765. The fourth-order valence-corrected chi connectivity index (χ4v) is 2.64. The van der Waals surface area contributed by atoms with Gasteiger partial charge in [-0.15, -0.1) is 5.10 Å². The second kappa shape index (κ2) is 4.99. The van der Waals surface area contributed by atoms with Crippen molar-refractivity contribution in [3.8, 4) is 0 Å². The van der Waals surface area contributed by atoms with Gasteiger partial charge < -0.3 is 20.2 Å². The Morgan fingerprint density at radius 1 is 1.40 bits per heavy atom. The van der Waals surface area contributed by atoms with Crippen LogP contribution in [-0.2, 0) is 0 Å². The number of likely N-dealkylation sites (tertiary alicyclic amines) is 1. The number of amides is 1. The molecule has 108 valence electrons. The zero-order chi connectivity index (χ0) is 14.2. The highest BCUT2D eigenvalue weighted by Crippen LogP contribution is 2.22. The van der Waals surface area contributed by atoms with Crippen LogP contribution in [0.1, 0.15) is 17.4 Å². The van der Waals surface area contributed by atoms with Crippen molar-refractivity contribution in [2.45, 2.75) is 12.5 Å². The highest BCUT2D eigenvalue weighted by molar-refractivity contribution is 5.93. The van der Waals surface area contributed by atoms with Crippen molar-refractivity contribution in [2.75, 3.05) is 44.2 Å². The lowest BCUT2D eigenvalue weighted by atomic mass is 9.96. The third-order valence-corrected chi connectivity index (χ3v) is 3.69. The van der Waals surface area contributed by atoms with Crippen molar-refractivity contribution in [3.63, 3.8) is 0 Å². The number of anilines is 1. The standard InChI is InChI=1S/C13H19N5O2/c1-13(20)8-18(9-13)12(19)11-6-10(7-15-16-11)17-4-2-14-3-5-17/h6-7,14,20H,2-5,8-9H2,1H3. The first kappa shape index (κ1) is 13.3. The van der Waals surface area contributed by atoms with Gasteiger partial charge in [-0.1, -0.05) is 0 Å². The molecule has 3 heterocycles. The molecule has 2 N–H and O–H groups in total. The quantitative estimate of drug-likeness (QED) is 0.728. The lowest BCUT2D eigenvalue weighted by Crippen LogP contribution is -2.61. The van der Waals surface area contributed by atoms with Crippen LogP contribution in [0.25, 0.3) is 0 Å². The average Bonchev–Trinajstić information content (AvgIpc) is 2.45. The maximum atomic E-state index is 12.2. The van der Waals surface area contributed by atoms with Crippen molar-refractivity contribution >= 4 is 11.6 Å². The van der Waals surface area contributed by atoms with E-state index in [1.807, 2.05) is 0 Å². The van der Waals surface area contributed by atoms with Crippen molar-refractivity contribution < 1.29 is 9.90 Å².